The van der Waals surface area contributed by atoms with Gasteiger partial charge in [-0.2, -0.15) is 0 Å². The molecular weight excluding hydrogens is 212 g/mol. The van der Waals surface area contributed by atoms with Crippen LogP contribution < -0.4 is 10.5 Å². The average molecular weight is 234 g/mol. The van der Waals surface area contributed by atoms with Crippen molar-refractivity contribution in [3.8, 4) is 5.75 Å². The molecule has 1 rings (SSSR count). The molecule has 0 fully saturated rings. The first-order valence-corrected chi connectivity index (χ1v) is 5.96. The molecule has 0 saturated heterocycles. The first-order valence-electron chi connectivity index (χ1n) is 5.96. The first kappa shape index (κ1) is 13.7. The van der Waals surface area contributed by atoms with Crippen LogP contribution in [-0.4, -0.2) is 38.7 Å². The molecule has 17 heavy (non-hydrogen) atoms. The molecule has 0 aromatic heterocycles. The topological polar surface area (TPSA) is 38.5 Å². The summed E-state index contributed by atoms with van der Waals surface area (Å²) in [4.78, 5) is 2.10. The van der Waals surface area contributed by atoms with Crippen molar-refractivity contribution in [3.63, 3.8) is 0 Å². The fourth-order valence-electron chi connectivity index (χ4n) is 1.34. The Kier molecular flexibility index (Phi) is 6.37. The lowest BCUT2D eigenvalue weighted by molar-refractivity contribution is 0.261. The molecular formula is C14H22N2O. The van der Waals surface area contributed by atoms with Gasteiger partial charge in [0.2, 0.25) is 0 Å². The van der Waals surface area contributed by atoms with Gasteiger partial charge in [0, 0.05) is 6.54 Å². The Morgan fingerprint density at radius 1 is 1.24 bits per heavy atom. The lowest BCUT2D eigenvalue weighted by Crippen LogP contribution is -2.19. The van der Waals surface area contributed by atoms with Crippen LogP contribution in [0.25, 0.3) is 6.08 Å². The van der Waals surface area contributed by atoms with Crippen molar-refractivity contribution in [1.29, 1.82) is 0 Å². The van der Waals surface area contributed by atoms with Crippen LogP contribution in [0.5, 0.6) is 5.75 Å². The molecule has 3 nitrogen and oxygen atoms in total. The quantitative estimate of drug-likeness (QED) is 0.784. The van der Waals surface area contributed by atoms with E-state index in [0.717, 1.165) is 25.3 Å². The second-order valence-electron chi connectivity index (χ2n) is 4.20. The van der Waals surface area contributed by atoms with Crippen LogP contribution in [-0.2, 0) is 0 Å². The van der Waals surface area contributed by atoms with Gasteiger partial charge >= 0.3 is 0 Å². The summed E-state index contributed by atoms with van der Waals surface area (Å²) in [7, 11) is 4.07. The van der Waals surface area contributed by atoms with Crippen LogP contribution in [0.1, 0.15) is 12.0 Å². The van der Waals surface area contributed by atoms with E-state index in [1.807, 2.05) is 26.2 Å². The second-order valence-corrected chi connectivity index (χ2v) is 4.20. The van der Waals surface area contributed by atoms with Crippen LogP contribution in [0.2, 0.25) is 0 Å². The highest BCUT2D eigenvalue weighted by molar-refractivity contribution is 5.50. The minimum atomic E-state index is 0.697. The van der Waals surface area contributed by atoms with Crippen molar-refractivity contribution in [1.82, 2.24) is 4.90 Å². The Morgan fingerprint density at radius 3 is 2.53 bits per heavy atom. The Hall–Kier alpha value is -1.32. The van der Waals surface area contributed by atoms with Crippen LogP contribution in [0.3, 0.4) is 0 Å². The molecule has 0 aliphatic carbocycles. The van der Waals surface area contributed by atoms with Crippen LogP contribution in [0, 0.1) is 0 Å². The van der Waals surface area contributed by atoms with Gasteiger partial charge in [-0.3, -0.25) is 0 Å². The maximum Gasteiger partial charge on any atom is 0.119 e. The maximum absolute atomic E-state index is 5.61. The van der Waals surface area contributed by atoms with Gasteiger partial charge in [-0.05, 0) is 44.8 Å². The van der Waals surface area contributed by atoms with Gasteiger partial charge < -0.3 is 15.4 Å². The molecule has 94 valence electrons. The van der Waals surface area contributed by atoms with E-state index in [1.54, 1.807) is 0 Å². The number of likely N-dealkylation sites (N-methyl/N-ethyl adjacent to an activating group) is 1. The number of nitrogens with two attached hydrogens (primary N) is 1. The summed E-state index contributed by atoms with van der Waals surface area (Å²) in [6.07, 6.45) is 5.08. The summed E-state index contributed by atoms with van der Waals surface area (Å²) in [5, 5.41) is 0. The van der Waals surface area contributed by atoms with Gasteiger partial charge in [-0.25, -0.2) is 0 Å². The molecule has 1 aromatic rings. The van der Waals surface area contributed by atoms with Crippen LogP contribution >= 0.6 is 0 Å². The molecule has 0 amide bonds. The Morgan fingerprint density at radius 2 is 1.94 bits per heavy atom. The largest absolute Gasteiger partial charge is 0.492 e. The van der Waals surface area contributed by atoms with Gasteiger partial charge in [0.25, 0.3) is 0 Å². The molecule has 0 aliphatic heterocycles. The third-order valence-corrected chi connectivity index (χ3v) is 2.33. The van der Waals surface area contributed by atoms with E-state index in [-0.39, 0.29) is 0 Å². The van der Waals surface area contributed by atoms with Gasteiger partial charge in [-0.15, -0.1) is 0 Å². The summed E-state index contributed by atoms with van der Waals surface area (Å²) in [5.41, 5.74) is 6.60. The van der Waals surface area contributed by atoms with E-state index in [1.165, 1.54) is 5.56 Å². The van der Waals surface area contributed by atoms with E-state index < -0.39 is 0 Å². The molecule has 2 N–H and O–H groups in total. The van der Waals surface area contributed by atoms with Crippen molar-refractivity contribution in [3.05, 3.63) is 35.9 Å². The molecule has 0 unspecified atom stereocenters. The number of hydrogen-bond acceptors (Lipinski definition) is 3. The molecule has 0 heterocycles. The Bertz CT molecular complexity index is 331. The average Bonchev–Trinajstić information content (AvgIpc) is 2.31. The molecule has 1 aromatic carbocycles. The predicted octanol–water partition coefficient (Wildman–Crippen LogP) is 1.99. The molecule has 0 bridgehead atoms. The molecule has 3 heteroatoms. The van der Waals surface area contributed by atoms with Crippen LogP contribution in [0.4, 0.5) is 0 Å². The monoisotopic (exact) mass is 234 g/mol. The fourth-order valence-corrected chi connectivity index (χ4v) is 1.34. The zero-order valence-electron chi connectivity index (χ0n) is 10.7. The van der Waals surface area contributed by atoms with Crippen molar-refractivity contribution >= 4 is 6.08 Å². The van der Waals surface area contributed by atoms with Gasteiger partial charge in [0.15, 0.2) is 0 Å². The zero-order chi connectivity index (χ0) is 12.5. The molecule has 0 saturated carbocycles. The number of rotatable bonds is 7. The van der Waals surface area contributed by atoms with Crippen molar-refractivity contribution in [2.24, 2.45) is 5.73 Å². The Labute approximate surface area is 104 Å². The number of hydrogen-bond donors (Lipinski definition) is 1. The number of ether oxygens (including phenoxy) is 1. The van der Waals surface area contributed by atoms with Gasteiger partial charge in [-0.1, -0.05) is 24.3 Å². The smallest absolute Gasteiger partial charge is 0.119 e. The van der Waals surface area contributed by atoms with Crippen molar-refractivity contribution < 1.29 is 4.74 Å². The van der Waals surface area contributed by atoms with E-state index in [9.17, 15) is 0 Å². The molecule has 0 radical (unpaired) electrons. The lowest BCUT2D eigenvalue weighted by Gasteiger charge is -2.10. The summed E-state index contributed by atoms with van der Waals surface area (Å²) in [6.45, 7) is 2.34. The number of nitrogens with zero attached hydrogens (tertiary/aromatic N) is 1. The number of benzene rings is 1. The standard InChI is InChI=1S/C14H22N2O/c1-16(2)11-12-17-14-8-6-13(7-9-14)5-3-4-10-15/h3,5-9H,4,10-12,15H2,1-2H3/b5-3+. The van der Waals surface area contributed by atoms with Crippen LogP contribution in [0.15, 0.2) is 30.3 Å². The van der Waals surface area contributed by atoms with Crippen molar-refractivity contribution in [2.45, 2.75) is 6.42 Å². The highest BCUT2D eigenvalue weighted by atomic mass is 16.5. The Balaban J connectivity index is 2.39. The fraction of sp³-hybridized carbons (Fsp3) is 0.429. The van der Waals surface area contributed by atoms with E-state index in [4.69, 9.17) is 10.5 Å². The third kappa shape index (κ3) is 6.09. The first-order chi connectivity index (χ1) is 8.22. The minimum absolute atomic E-state index is 0.697. The summed E-state index contributed by atoms with van der Waals surface area (Å²) >= 11 is 0. The van der Waals surface area contributed by atoms with E-state index in [0.29, 0.717) is 6.54 Å². The molecule has 0 spiro atoms. The lowest BCUT2D eigenvalue weighted by atomic mass is 10.2. The highest BCUT2D eigenvalue weighted by Crippen LogP contribution is 2.13. The SMILES string of the molecule is CN(C)CCOc1ccc(/C=C/CCN)cc1. The van der Waals surface area contributed by atoms with Crippen molar-refractivity contribution in [2.75, 3.05) is 33.8 Å². The zero-order valence-corrected chi connectivity index (χ0v) is 10.7. The van der Waals surface area contributed by atoms with E-state index in [2.05, 4.69) is 29.2 Å². The normalized spacial score (nSPS) is 11.3. The molecule has 0 aliphatic rings. The minimum Gasteiger partial charge on any atom is -0.492 e. The molecule has 0 atom stereocenters. The van der Waals surface area contributed by atoms with Gasteiger partial charge in [0.1, 0.15) is 12.4 Å². The maximum atomic E-state index is 5.61. The summed E-state index contributed by atoms with van der Waals surface area (Å²) < 4.78 is 5.61. The summed E-state index contributed by atoms with van der Waals surface area (Å²) in [5.74, 6) is 0.919. The third-order valence-electron chi connectivity index (χ3n) is 2.33. The highest BCUT2D eigenvalue weighted by Gasteiger charge is 1.94. The second kappa shape index (κ2) is 7.87. The predicted molar refractivity (Wildman–Crippen MR) is 73.2 cm³/mol. The van der Waals surface area contributed by atoms with E-state index >= 15 is 0 Å². The summed E-state index contributed by atoms with van der Waals surface area (Å²) in [6, 6.07) is 8.10. The van der Waals surface area contributed by atoms with Gasteiger partial charge in [0.05, 0.1) is 0 Å².